The van der Waals surface area contributed by atoms with Crippen molar-refractivity contribution in [2.45, 2.75) is 53.6 Å². The first-order chi connectivity index (χ1) is 10.2. The molecule has 0 aliphatic heterocycles. The van der Waals surface area contributed by atoms with Gasteiger partial charge in [0.15, 0.2) is 4.08 Å². The molecule has 0 heterocycles. The Bertz CT molecular complexity index is 616. The third-order valence-corrected chi connectivity index (χ3v) is 10.1. The summed E-state index contributed by atoms with van der Waals surface area (Å²) in [5.41, 5.74) is -12.1. The molecule has 2 aliphatic carbocycles. The monoisotopic (exact) mass is 388 g/mol. The van der Waals surface area contributed by atoms with Gasteiger partial charge in [0.2, 0.25) is 0 Å². The molecular formula is C11H14F6O4S2. The number of rotatable bonds is 2. The van der Waals surface area contributed by atoms with Crippen molar-refractivity contribution in [2.24, 2.45) is 11.8 Å². The molecule has 0 radical (unpaired) electrons. The number of fused-ring (bicyclic) bond motifs is 1. The maximum atomic E-state index is 12.9. The summed E-state index contributed by atoms with van der Waals surface area (Å²) in [5.74, 6) is -3.33. The lowest BCUT2D eigenvalue weighted by Crippen LogP contribution is -2.49. The van der Waals surface area contributed by atoms with Gasteiger partial charge in [0.1, 0.15) is 0 Å². The molecule has 0 aromatic rings. The fourth-order valence-corrected chi connectivity index (χ4v) is 8.70. The van der Waals surface area contributed by atoms with Crippen molar-refractivity contribution < 1.29 is 43.2 Å². The lowest BCUT2D eigenvalue weighted by atomic mass is 10.0. The second kappa shape index (κ2) is 5.24. The fraction of sp³-hybridized carbons (Fsp3) is 1.00. The quantitative estimate of drug-likeness (QED) is 0.682. The van der Waals surface area contributed by atoms with Gasteiger partial charge in [-0.15, -0.1) is 0 Å². The van der Waals surface area contributed by atoms with E-state index in [1.54, 1.807) is 0 Å². The van der Waals surface area contributed by atoms with Crippen LogP contribution in [0.3, 0.4) is 0 Å². The molecule has 0 unspecified atom stereocenters. The molecule has 0 aromatic carbocycles. The highest BCUT2D eigenvalue weighted by molar-refractivity contribution is 8.11. The first-order valence-electron chi connectivity index (χ1n) is 6.84. The summed E-state index contributed by atoms with van der Waals surface area (Å²) in [6, 6.07) is 0. The van der Waals surface area contributed by atoms with Crippen molar-refractivity contribution in [3.05, 3.63) is 0 Å². The Hall–Kier alpha value is -0.520. The van der Waals surface area contributed by atoms with Crippen LogP contribution in [-0.4, -0.2) is 31.9 Å². The molecule has 2 rings (SSSR count). The van der Waals surface area contributed by atoms with Gasteiger partial charge in [0.25, 0.3) is 19.7 Å². The van der Waals surface area contributed by atoms with Crippen molar-refractivity contribution in [2.75, 3.05) is 0 Å². The van der Waals surface area contributed by atoms with E-state index in [2.05, 4.69) is 0 Å². The fourth-order valence-electron chi connectivity index (χ4n) is 3.67. The van der Waals surface area contributed by atoms with E-state index in [-0.39, 0.29) is 25.7 Å². The maximum absolute atomic E-state index is 12.9. The Kier molecular flexibility index (Phi) is 4.28. The van der Waals surface area contributed by atoms with E-state index >= 15 is 0 Å². The van der Waals surface area contributed by atoms with Crippen molar-refractivity contribution in [1.82, 2.24) is 0 Å². The van der Waals surface area contributed by atoms with Crippen LogP contribution in [0.25, 0.3) is 0 Å². The van der Waals surface area contributed by atoms with Crippen LogP contribution in [0.4, 0.5) is 26.3 Å². The van der Waals surface area contributed by atoms with E-state index in [1.807, 2.05) is 0 Å². The van der Waals surface area contributed by atoms with Crippen molar-refractivity contribution in [3.63, 3.8) is 0 Å². The van der Waals surface area contributed by atoms with E-state index < -0.39 is 46.6 Å². The number of sulfone groups is 2. The lowest BCUT2D eigenvalue weighted by Gasteiger charge is -2.22. The number of halogens is 6. The summed E-state index contributed by atoms with van der Waals surface area (Å²) < 4.78 is 121. The molecule has 2 aliphatic rings. The number of hydrogen-bond acceptors (Lipinski definition) is 4. The molecule has 4 nitrogen and oxygen atoms in total. The molecule has 0 spiro atoms. The summed E-state index contributed by atoms with van der Waals surface area (Å²) in [6.07, 6.45) is 0.854. The molecule has 0 aromatic heterocycles. The molecule has 2 atom stereocenters. The normalized spacial score (nSPS) is 29.3. The van der Waals surface area contributed by atoms with E-state index in [0.717, 1.165) is 0 Å². The second-order valence-corrected chi connectivity index (χ2v) is 10.4. The van der Waals surface area contributed by atoms with Crippen LogP contribution in [0.2, 0.25) is 0 Å². The van der Waals surface area contributed by atoms with Crippen LogP contribution >= 0.6 is 0 Å². The van der Waals surface area contributed by atoms with Gasteiger partial charge in [-0.3, -0.25) is 0 Å². The van der Waals surface area contributed by atoms with Crippen LogP contribution < -0.4 is 0 Å². The predicted molar refractivity (Wildman–Crippen MR) is 67.4 cm³/mol. The van der Waals surface area contributed by atoms with Gasteiger partial charge in [-0.05, 0) is 24.7 Å². The van der Waals surface area contributed by atoms with Crippen LogP contribution in [-0.2, 0) is 19.7 Å². The van der Waals surface area contributed by atoms with Gasteiger partial charge in [-0.2, -0.15) is 26.3 Å². The third-order valence-electron chi connectivity index (χ3n) is 4.64. The molecule has 2 saturated carbocycles. The largest absolute Gasteiger partial charge is 0.498 e. The summed E-state index contributed by atoms with van der Waals surface area (Å²) >= 11 is 0. The highest BCUT2D eigenvalue weighted by Crippen LogP contribution is 2.69. The molecule has 136 valence electrons. The van der Waals surface area contributed by atoms with E-state index in [9.17, 15) is 43.2 Å². The topological polar surface area (TPSA) is 68.3 Å². The Morgan fingerprint density at radius 3 is 1.22 bits per heavy atom. The molecule has 0 N–H and O–H groups in total. The molecule has 12 heteroatoms. The van der Waals surface area contributed by atoms with Crippen LogP contribution in [0.1, 0.15) is 38.5 Å². The number of hydrogen-bond donors (Lipinski definition) is 0. The van der Waals surface area contributed by atoms with Gasteiger partial charge in [-0.25, -0.2) is 16.8 Å². The minimum Gasteiger partial charge on any atom is -0.218 e. The standard InChI is InChI=1S/C11H14F6O4S2/c12-10(13,14)22(18,19)9(23(20,21)11(15,16)17)7-5-3-1-2-4-6-8(7)9/h7-8H,1-6H2/t7-,8+. The van der Waals surface area contributed by atoms with Crippen LogP contribution in [0, 0.1) is 11.8 Å². The summed E-state index contributed by atoms with van der Waals surface area (Å²) in [7, 11) is -13.1. The first kappa shape index (κ1) is 18.8. The SMILES string of the molecule is O=S(=O)(C(F)(F)F)C1(S(=O)(=O)C(F)(F)F)[C@@H]2CCCCCC[C@@H]21. The molecule has 0 amide bonds. The van der Waals surface area contributed by atoms with Crippen molar-refractivity contribution >= 4 is 19.7 Å². The van der Waals surface area contributed by atoms with Crippen LogP contribution in [0.15, 0.2) is 0 Å². The molecule has 23 heavy (non-hydrogen) atoms. The average Bonchev–Trinajstić information content (AvgIpc) is 2.93. The van der Waals surface area contributed by atoms with Crippen LogP contribution in [0.5, 0.6) is 0 Å². The molecule has 0 saturated heterocycles. The molecule has 0 bridgehead atoms. The third kappa shape index (κ3) is 2.38. The van der Waals surface area contributed by atoms with Gasteiger partial charge >= 0.3 is 11.0 Å². The minimum absolute atomic E-state index is 0.198. The van der Waals surface area contributed by atoms with E-state index in [0.29, 0.717) is 12.8 Å². The Balaban J connectivity index is 2.70. The molecular weight excluding hydrogens is 374 g/mol. The zero-order valence-electron chi connectivity index (χ0n) is 11.6. The minimum atomic E-state index is -6.53. The summed E-state index contributed by atoms with van der Waals surface area (Å²) in [4.78, 5) is 0. The van der Waals surface area contributed by atoms with E-state index in [1.165, 1.54) is 0 Å². The van der Waals surface area contributed by atoms with Crippen molar-refractivity contribution in [3.8, 4) is 0 Å². The van der Waals surface area contributed by atoms with Gasteiger partial charge in [-0.1, -0.05) is 25.7 Å². The lowest BCUT2D eigenvalue weighted by molar-refractivity contribution is -0.0480. The highest BCUT2D eigenvalue weighted by Gasteiger charge is 2.87. The highest BCUT2D eigenvalue weighted by atomic mass is 32.3. The Morgan fingerprint density at radius 2 is 0.957 bits per heavy atom. The molecule has 2 fully saturated rings. The maximum Gasteiger partial charge on any atom is 0.498 e. The first-order valence-corrected chi connectivity index (χ1v) is 9.81. The zero-order valence-corrected chi connectivity index (χ0v) is 13.2. The summed E-state index contributed by atoms with van der Waals surface area (Å²) in [5, 5.41) is 0. The Morgan fingerprint density at radius 1 is 0.652 bits per heavy atom. The Labute approximate surface area is 129 Å². The predicted octanol–water partition coefficient (Wildman–Crippen LogP) is 3.15. The van der Waals surface area contributed by atoms with Gasteiger partial charge in [0.05, 0.1) is 0 Å². The number of alkyl halides is 6. The average molecular weight is 388 g/mol. The zero-order chi connectivity index (χ0) is 17.9. The van der Waals surface area contributed by atoms with Crippen molar-refractivity contribution in [1.29, 1.82) is 0 Å². The summed E-state index contributed by atoms with van der Waals surface area (Å²) in [6.45, 7) is 0. The van der Waals surface area contributed by atoms with Gasteiger partial charge in [0, 0.05) is 0 Å². The smallest absolute Gasteiger partial charge is 0.218 e. The van der Waals surface area contributed by atoms with E-state index in [4.69, 9.17) is 0 Å². The van der Waals surface area contributed by atoms with Gasteiger partial charge < -0.3 is 0 Å². The second-order valence-electron chi connectivity index (χ2n) is 5.82.